The molecule has 1 aliphatic rings. The van der Waals surface area contributed by atoms with E-state index in [1.807, 2.05) is 4.90 Å². The van der Waals surface area contributed by atoms with E-state index in [4.69, 9.17) is 4.74 Å². The summed E-state index contributed by atoms with van der Waals surface area (Å²) in [5.41, 5.74) is -0.609. The molecule has 1 aliphatic heterocycles. The number of hydrogen-bond acceptors (Lipinski definition) is 4. The number of alkyl halides is 3. The first-order valence-corrected chi connectivity index (χ1v) is 9.00. The van der Waals surface area contributed by atoms with Crippen molar-refractivity contribution < 1.29 is 27.5 Å². The lowest BCUT2D eigenvalue weighted by Gasteiger charge is -2.25. The van der Waals surface area contributed by atoms with Gasteiger partial charge in [0.05, 0.1) is 30.9 Å². The summed E-state index contributed by atoms with van der Waals surface area (Å²) in [4.78, 5) is 26.3. The normalized spacial score (nSPS) is 15.0. The van der Waals surface area contributed by atoms with Gasteiger partial charge in [0.1, 0.15) is 0 Å². The summed E-state index contributed by atoms with van der Waals surface area (Å²) in [6.45, 7) is 2.82. The minimum Gasteiger partial charge on any atom is -0.379 e. The molecule has 0 radical (unpaired) electrons. The standard InChI is InChI=1S/C20H20F3N3O3/c21-20(22,23)17-4-2-1-3-16(17)19(28)25-15-7-5-14(6-8-15)24-18(27)13-26-9-11-29-12-10-26/h1-8H,9-13H2,(H,24,27)(H,25,28). The number of benzene rings is 2. The van der Waals surface area contributed by atoms with E-state index in [-0.39, 0.29) is 12.5 Å². The molecule has 1 saturated heterocycles. The van der Waals surface area contributed by atoms with Crippen molar-refractivity contribution in [2.45, 2.75) is 6.18 Å². The molecule has 0 unspecified atom stereocenters. The van der Waals surface area contributed by atoms with E-state index < -0.39 is 23.2 Å². The third kappa shape index (κ3) is 5.78. The van der Waals surface area contributed by atoms with Gasteiger partial charge < -0.3 is 15.4 Å². The van der Waals surface area contributed by atoms with E-state index in [0.29, 0.717) is 37.7 Å². The summed E-state index contributed by atoms with van der Waals surface area (Å²) in [7, 11) is 0. The Morgan fingerprint density at radius 2 is 1.52 bits per heavy atom. The van der Waals surface area contributed by atoms with Crippen LogP contribution in [0.1, 0.15) is 15.9 Å². The molecular weight excluding hydrogens is 387 g/mol. The second-order valence-corrected chi connectivity index (χ2v) is 6.51. The quantitative estimate of drug-likeness (QED) is 0.799. The van der Waals surface area contributed by atoms with Gasteiger partial charge in [0, 0.05) is 24.5 Å². The maximum Gasteiger partial charge on any atom is 0.417 e. The van der Waals surface area contributed by atoms with Crippen molar-refractivity contribution in [3.63, 3.8) is 0 Å². The monoisotopic (exact) mass is 407 g/mol. The Labute approximate surface area is 165 Å². The van der Waals surface area contributed by atoms with Crippen LogP contribution in [0, 0.1) is 0 Å². The highest BCUT2D eigenvalue weighted by molar-refractivity contribution is 6.05. The number of carbonyl (C=O) groups is 2. The van der Waals surface area contributed by atoms with Crippen molar-refractivity contribution in [2.75, 3.05) is 43.5 Å². The van der Waals surface area contributed by atoms with Crippen LogP contribution < -0.4 is 10.6 Å². The van der Waals surface area contributed by atoms with Gasteiger partial charge in [0.15, 0.2) is 0 Å². The third-order valence-corrected chi connectivity index (χ3v) is 4.37. The van der Waals surface area contributed by atoms with Gasteiger partial charge in [0.25, 0.3) is 5.91 Å². The van der Waals surface area contributed by atoms with E-state index >= 15 is 0 Å². The van der Waals surface area contributed by atoms with Crippen molar-refractivity contribution in [3.05, 3.63) is 59.7 Å². The topological polar surface area (TPSA) is 70.7 Å². The predicted octanol–water partition coefficient (Wildman–Crippen LogP) is 3.23. The van der Waals surface area contributed by atoms with E-state index in [1.165, 1.54) is 24.3 Å². The Kier molecular flexibility index (Phi) is 6.50. The number of rotatable bonds is 5. The summed E-state index contributed by atoms with van der Waals surface area (Å²) in [5.74, 6) is -1.04. The lowest BCUT2D eigenvalue weighted by atomic mass is 10.1. The summed E-state index contributed by atoms with van der Waals surface area (Å²) in [6, 6.07) is 10.8. The second-order valence-electron chi connectivity index (χ2n) is 6.51. The van der Waals surface area contributed by atoms with Crippen LogP contribution in [0.4, 0.5) is 24.5 Å². The summed E-state index contributed by atoms with van der Waals surface area (Å²) < 4.78 is 44.4. The molecule has 3 rings (SSSR count). The fraction of sp³-hybridized carbons (Fsp3) is 0.300. The molecule has 0 spiro atoms. The molecular formula is C20H20F3N3O3. The molecule has 2 N–H and O–H groups in total. The Balaban J connectivity index is 1.59. The van der Waals surface area contributed by atoms with Gasteiger partial charge >= 0.3 is 6.18 Å². The number of hydrogen-bond donors (Lipinski definition) is 2. The fourth-order valence-corrected chi connectivity index (χ4v) is 2.93. The number of halogens is 3. The van der Waals surface area contributed by atoms with E-state index in [1.54, 1.807) is 12.1 Å². The zero-order valence-electron chi connectivity index (χ0n) is 15.5. The van der Waals surface area contributed by atoms with Gasteiger partial charge in [-0.25, -0.2) is 0 Å². The molecule has 1 heterocycles. The number of anilines is 2. The summed E-state index contributed by atoms with van der Waals surface area (Å²) in [6.07, 6.45) is -4.62. The Morgan fingerprint density at radius 1 is 0.931 bits per heavy atom. The zero-order valence-corrected chi connectivity index (χ0v) is 15.5. The van der Waals surface area contributed by atoms with Crippen LogP contribution >= 0.6 is 0 Å². The van der Waals surface area contributed by atoms with Crippen molar-refractivity contribution in [3.8, 4) is 0 Å². The molecule has 6 nitrogen and oxygen atoms in total. The Hall–Kier alpha value is -2.91. The highest BCUT2D eigenvalue weighted by Gasteiger charge is 2.34. The Morgan fingerprint density at radius 3 is 2.14 bits per heavy atom. The number of ether oxygens (including phenoxy) is 1. The Bertz CT molecular complexity index is 863. The van der Waals surface area contributed by atoms with Gasteiger partial charge in [-0.1, -0.05) is 12.1 Å². The summed E-state index contributed by atoms with van der Waals surface area (Å²) >= 11 is 0. The predicted molar refractivity (Wildman–Crippen MR) is 102 cm³/mol. The van der Waals surface area contributed by atoms with Crippen molar-refractivity contribution in [2.24, 2.45) is 0 Å². The second kappa shape index (κ2) is 9.06. The van der Waals surface area contributed by atoms with Gasteiger partial charge in [-0.15, -0.1) is 0 Å². The average Bonchev–Trinajstić information content (AvgIpc) is 2.69. The molecule has 0 saturated carbocycles. The molecule has 9 heteroatoms. The fourth-order valence-electron chi connectivity index (χ4n) is 2.93. The largest absolute Gasteiger partial charge is 0.417 e. The molecule has 2 aromatic rings. The maximum absolute atomic E-state index is 13.1. The third-order valence-electron chi connectivity index (χ3n) is 4.37. The van der Waals surface area contributed by atoms with Crippen LogP contribution in [0.2, 0.25) is 0 Å². The lowest BCUT2D eigenvalue weighted by Crippen LogP contribution is -2.41. The van der Waals surface area contributed by atoms with E-state index in [9.17, 15) is 22.8 Å². The van der Waals surface area contributed by atoms with E-state index in [2.05, 4.69) is 10.6 Å². The molecule has 0 aromatic heterocycles. The number of nitrogens with one attached hydrogen (secondary N) is 2. The molecule has 154 valence electrons. The zero-order chi connectivity index (χ0) is 20.9. The van der Waals surface area contributed by atoms with Crippen LogP contribution in [-0.4, -0.2) is 49.6 Å². The van der Waals surface area contributed by atoms with Gasteiger partial charge in [-0.2, -0.15) is 13.2 Å². The van der Waals surface area contributed by atoms with Crippen molar-refractivity contribution in [1.82, 2.24) is 4.90 Å². The molecule has 0 atom stereocenters. The first-order chi connectivity index (χ1) is 13.8. The molecule has 1 fully saturated rings. The van der Waals surface area contributed by atoms with Gasteiger partial charge in [-0.05, 0) is 36.4 Å². The van der Waals surface area contributed by atoms with Crippen molar-refractivity contribution in [1.29, 1.82) is 0 Å². The average molecular weight is 407 g/mol. The lowest BCUT2D eigenvalue weighted by molar-refractivity contribution is -0.137. The van der Waals surface area contributed by atoms with Gasteiger partial charge in [-0.3, -0.25) is 14.5 Å². The van der Waals surface area contributed by atoms with Crippen LogP contribution in [0.25, 0.3) is 0 Å². The molecule has 0 bridgehead atoms. The molecule has 0 aliphatic carbocycles. The van der Waals surface area contributed by atoms with Gasteiger partial charge in [0.2, 0.25) is 5.91 Å². The first kappa shape index (κ1) is 20.8. The molecule has 2 amide bonds. The summed E-state index contributed by atoms with van der Waals surface area (Å²) in [5, 5.41) is 5.19. The minimum absolute atomic E-state index is 0.178. The number of carbonyl (C=O) groups excluding carboxylic acids is 2. The smallest absolute Gasteiger partial charge is 0.379 e. The SMILES string of the molecule is O=C(CN1CCOCC1)Nc1ccc(NC(=O)c2ccccc2C(F)(F)F)cc1. The first-order valence-electron chi connectivity index (χ1n) is 9.00. The van der Waals surface area contributed by atoms with Crippen LogP contribution in [0.5, 0.6) is 0 Å². The number of morpholine rings is 1. The van der Waals surface area contributed by atoms with Crippen molar-refractivity contribution >= 4 is 23.2 Å². The molecule has 2 aromatic carbocycles. The maximum atomic E-state index is 13.1. The highest BCUT2D eigenvalue weighted by atomic mass is 19.4. The number of amides is 2. The highest BCUT2D eigenvalue weighted by Crippen LogP contribution is 2.32. The molecule has 29 heavy (non-hydrogen) atoms. The van der Waals surface area contributed by atoms with Crippen LogP contribution in [0.15, 0.2) is 48.5 Å². The minimum atomic E-state index is -4.62. The van der Waals surface area contributed by atoms with Crippen LogP contribution in [0.3, 0.4) is 0 Å². The van der Waals surface area contributed by atoms with E-state index in [0.717, 1.165) is 12.1 Å². The van der Waals surface area contributed by atoms with Crippen LogP contribution in [-0.2, 0) is 15.7 Å². The number of nitrogens with zero attached hydrogens (tertiary/aromatic N) is 1.